The van der Waals surface area contributed by atoms with Crippen molar-refractivity contribution in [2.45, 2.75) is 38.5 Å². The Morgan fingerprint density at radius 1 is 1.47 bits per heavy atom. The van der Waals surface area contributed by atoms with Gasteiger partial charge in [-0.1, -0.05) is 26.0 Å². The topological polar surface area (TPSA) is 67.8 Å². The minimum absolute atomic E-state index is 0.0490. The fraction of sp³-hybridized carbons (Fsp3) is 0.643. The molecule has 3 atom stereocenters. The molecular weight excluding hydrogens is 246 g/mol. The van der Waals surface area contributed by atoms with E-state index in [-0.39, 0.29) is 37.6 Å². The van der Waals surface area contributed by atoms with Gasteiger partial charge in [0.25, 0.3) is 5.91 Å². The molecule has 0 aromatic heterocycles. The summed E-state index contributed by atoms with van der Waals surface area (Å²) in [7, 11) is 0. The summed E-state index contributed by atoms with van der Waals surface area (Å²) < 4.78 is 10.7. The van der Waals surface area contributed by atoms with E-state index in [1.54, 1.807) is 12.2 Å². The van der Waals surface area contributed by atoms with Crippen LogP contribution in [0.25, 0.3) is 0 Å². The molecule has 2 aliphatic rings. The van der Waals surface area contributed by atoms with E-state index in [2.05, 4.69) is 19.2 Å². The Labute approximate surface area is 113 Å². The molecule has 0 saturated carbocycles. The van der Waals surface area contributed by atoms with Crippen LogP contribution in [0.5, 0.6) is 0 Å². The highest BCUT2D eigenvalue weighted by atomic mass is 16.7. The normalized spacial score (nSPS) is 27.1. The fourth-order valence-corrected chi connectivity index (χ4v) is 2.29. The highest BCUT2D eigenvalue weighted by molar-refractivity contribution is 5.96. The Hall–Kier alpha value is -1.17. The van der Waals surface area contributed by atoms with Crippen molar-refractivity contribution in [3.8, 4) is 0 Å². The molecule has 1 aliphatic carbocycles. The van der Waals surface area contributed by atoms with Crippen molar-refractivity contribution in [1.82, 2.24) is 5.32 Å². The first-order valence-corrected chi connectivity index (χ1v) is 6.65. The molecule has 2 N–H and O–H groups in total. The molecule has 106 valence electrons. The first kappa shape index (κ1) is 14.2. The van der Waals surface area contributed by atoms with Gasteiger partial charge in [0, 0.05) is 5.57 Å². The van der Waals surface area contributed by atoms with E-state index in [9.17, 15) is 9.90 Å². The molecule has 0 aromatic carbocycles. The van der Waals surface area contributed by atoms with Crippen LogP contribution < -0.4 is 5.32 Å². The van der Waals surface area contributed by atoms with Crippen molar-refractivity contribution in [2.75, 3.05) is 13.4 Å². The third kappa shape index (κ3) is 3.65. The van der Waals surface area contributed by atoms with Crippen molar-refractivity contribution in [3.63, 3.8) is 0 Å². The van der Waals surface area contributed by atoms with Crippen molar-refractivity contribution in [1.29, 1.82) is 0 Å². The van der Waals surface area contributed by atoms with Crippen LogP contribution >= 0.6 is 0 Å². The molecule has 1 amide bonds. The lowest BCUT2D eigenvalue weighted by Crippen LogP contribution is -2.39. The molecular formula is C14H21NO4. The van der Waals surface area contributed by atoms with E-state index in [0.717, 1.165) is 6.42 Å². The average Bonchev–Trinajstić information content (AvgIpc) is 2.84. The summed E-state index contributed by atoms with van der Waals surface area (Å²) in [5, 5.41) is 12.1. The van der Waals surface area contributed by atoms with Gasteiger partial charge in [-0.25, -0.2) is 0 Å². The Morgan fingerprint density at radius 3 is 2.89 bits per heavy atom. The quantitative estimate of drug-likeness (QED) is 0.771. The Bertz CT molecular complexity index is 389. The number of rotatable bonds is 5. The van der Waals surface area contributed by atoms with Crippen molar-refractivity contribution < 1.29 is 19.4 Å². The highest BCUT2D eigenvalue weighted by Gasteiger charge is 2.29. The molecule has 1 heterocycles. The smallest absolute Gasteiger partial charge is 0.251 e. The summed E-state index contributed by atoms with van der Waals surface area (Å²) in [6, 6.07) is -0.208. The zero-order valence-electron chi connectivity index (χ0n) is 11.3. The first-order valence-electron chi connectivity index (χ1n) is 6.65. The van der Waals surface area contributed by atoms with E-state index in [4.69, 9.17) is 9.47 Å². The van der Waals surface area contributed by atoms with Gasteiger partial charge in [0.05, 0.1) is 12.6 Å². The number of ether oxygens (including phenoxy) is 2. The minimum atomic E-state index is -0.208. The molecule has 2 rings (SSSR count). The van der Waals surface area contributed by atoms with Gasteiger partial charge in [-0.2, -0.15) is 0 Å². The number of fused-ring (bicyclic) bond motifs is 1. The molecule has 0 radical (unpaired) electrons. The standard InChI is InChI=1S/C14H21NO4/c1-9(2)5-11(7-16)15-14(17)10-3-4-12-13(6-10)19-8-18-12/h3-4,6,9,11-13,16H,5,7-8H2,1-2H3,(H,15,17)/t11-,12?,13?/m1/s1. The van der Waals surface area contributed by atoms with E-state index in [0.29, 0.717) is 11.5 Å². The van der Waals surface area contributed by atoms with Crippen molar-refractivity contribution >= 4 is 5.91 Å². The molecule has 0 spiro atoms. The van der Waals surface area contributed by atoms with Gasteiger partial charge in [-0.05, 0) is 18.4 Å². The second-order valence-corrected chi connectivity index (χ2v) is 5.34. The van der Waals surface area contributed by atoms with Crippen LogP contribution in [-0.4, -0.2) is 42.7 Å². The third-order valence-electron chi connectivity index (χ3n) is 3.23. The maximum absolute atomic E-state index is 12.1. The van der Waals surface area contributed by atoms with Crippen LogP contribution in [0.2, 0.25) is 0 Å². The van der Waals surface area contributed by atoms with Gasteiger partial charge in [0.15, 0.2) is 0 Å². The predicted molar refractivity (Wildman–Crippen MR) is 70.3 cm³/mol. The van der Waals surface area contributed by atoms with E-state index in [1.165, 1.54) is 0 Å². The number of aliphatic hydroxyl groups excluding tert-OH is 1. The molecule has 1 aliphatic heterocycles. The molecule has 5 nitrogen and oxygen atoms in total. The fourth-order valence-electron chi connectivity index (χ4n) is 2.29. The predicted octanol–water partition coefficient (Wildman–Crippen LogP) is 0.747. The monoisotopic (exact) mass is 267 g/mol. The number of amides is 1. The molecule has 2 unspecified atom stereocenters. The zero-order valence-corrected chi connectivity index (χ0v) is 11.3. The Balaban J connectivity index is 1.94. The summed E-state index contributed by atoms with van der Waals surface area (Å²) in [5.41, 5.74) is 0.564. The summed E-state index contributed by atoms with van der Waals surface area (Å²) in [5.74, 6) is 0.245. The van der Waals surface area contributed by atoms with Crippen molar-refractivity contribution in [2.24, 2.45) is 5.92 Å². The van der Waals surface area contributed by atoms with Crippen LogP contribution in [0.4, 0.5) is 0 Å². The van der Waals surface area contributed by atoms with Gasteiger partial charge in [0.1, 0.15) is 19.0 Å². The second-order valence-electron chi connectivity index (χ2n) is 5.34. The number of nitrogens with one attached hydrogen (secondary N) is 1. The largest absolute Gasteiger partial charge is 0.394 e. The van der Waals surface area contributed by atoms with Crippen molar-refractivity contribution in [3.05, 3.63) is 23.8 Å². The van der Waals surface area contributed by atoms with Crippen LogP contribution in [0.1, 0.15) is 20.3 Å². The Kier molecular flexibility index (Phi) is 4.74. The second kappa shape index (κ2) is 6.32. The van der Waals surface area contributed by atoms with Crippen LogP contribution in [0, 0.1) is 5.92 Å². The van der Waals surface area contributed by atoms with Crippen LogP contribution in [-0.2, 0) is 14.3 Å². The van der Waals surface area contributed by atoms with Crippen LogP contribution in [0.3, 0.4) is 0 Å². The SMILES string of the molecule is CC(C)C[C@H](CO)NC(=O)C1=CC2OCOC2C=C1. The third-order valence-corrected chi connectivity index (χ3v) is 3.23. The van der Waals surface area contributed by atoms with Gasteiger partial charge >= 0.3 is 0 Å². The molecule has 5 heteroatoms. The molecule has 19 heavy (non-hydrogen) atoms. The molecule has 0 aromatic rings. The molecule has 1 saturated heterocycles. The number of carbonyl (C=O) groups excluding carboxylic acids is 1. The number of aliphatic hydroxyl groups is 1. The number of carbonyl (C=O) groups is 1. The van der Waals surface area contributed by atoms with Gasteiger partial charge < -0.3 is 19.9 Å². The summed E-state index contributed by atoms with van der Waals surface area (Å²) in [4.78, 5) is 12.1. The summed E-state index contributed by atoms with van der Waals surface area (Å²) >= 11 is 0. The average molecular weight is 267 g/mol. The van der Waals surface area contributed by atoms with E-state index < -0.39 is 0 Å². The lowest BCUT2D eigenvalue weighted by atomic mass is 10.0. The summed E-state index contributed by atoms with van der Waals surface area (Å²) in [6.45, 7) is 4.33. The Morgan fingerprint density at radius 2 is 2.21 bits per heavy atom. The number of hydrogen-bond donors (Lipinski definition) is 2. The van der Waals surface area contributed by atoms with E-state index in [1.807, 2.05) is 6.08 Å². The van der Waals surface area contributed by atoms with Gasteiger partial charge in [-0.3, -0.25) is 4.79 Å². The lowest BCUT2D eigenvalue weighted by Gasteiger charge is -2.20. The zero-order chi connectivity index (χ0) is 13.8. The minimum Gasteiger partial charge on any atom is -0.394 e. The summed E-state index contributed by atoms with van der Waals surface area (Å²) in [6.07, 6.45) is 5.85. The van der Waals surface area contributed by atoms with Gasteiger partial charge in [0.2, 0.25) is 0 Å². The lowest BCUT2D eigenvalue weighted by molar-refractivity contribution is -0.118. The first-order chi connectivity index (χ1) is 9.10. The number of hydrogen-bond acceptors (Lipinski definition) is 4. The van der Waals surface area contributed by atoms with E-state index >= 15 is 0 Å². The highest BCUT2D eigenvalue weighted by Crippen LogP contribution is 2.22. The maximum Gasteiger partial charge on any atom is 0.251 e. The van der Waals surface area contributed by atoms with Gasteiger partial charge in [-0.15, -0.1) is 0 Å². The maximum atomic E-state index is 12.1. The van der Waals surface area contributed by atoms with Crippen LogP contribution in [0.15, 0.2) is 23.8 Å². The molecule has 1 fully saturated rings. The molecule has 0 bridgehead atoms.